The van der Waals surface area contributed by atoms with Gasteiger partial charge in [-0.3, -0.25) is 14.4 Å². The minimum Gasteiger partial charge on any atom is -0.354 e. The molecule has 2 aromatic rings. The molecule has 6 heteroatoms. The number of benzene rings is 1. The summed E-state index contributed by atoms with van der Waals surface area (Å²) >= 11 is 0. The second-order valence-corrected chi connectivity index (χ2v) is 7.42. The molecule has 3 rings (SSSR count). The van der Waals surface area contributed by atoms with Gasteiger partial charge in [0.25, 0.3) is 11.8 Å². The van der Waals surface area contributed by atoms with E-state index in [1.54, 1.807) is 12.1 Å². The summed E-state index contributed by atoms with van der Waals surface area (Å²) in [7, 11) is 0. The number of Topliss-reactive ketones (excluding diaryl/α,β-unsaturated/α-hetero) is 1. The minimum absolute atomic E-state index is 0.106. The molecule has 0 fully saturated rings. The molecule has 1 atom stereocenters. The third-order valence-electron chi connectivity index (χ3n) is 5.30. The molecular weight excluding hydrogens is 354 g/mol. The van der Waals surface area contributed by atoms with Crippen LogP contribution in [0.2, 0.25) is 0 Å². The van der Waals surface area contributed by atoms with E-state index >= 15 is 0 Å². The van der Waals surface area contributed by atoms with Crippen LogP contribution in [0.3, 0.4) is 0 Å². The molecule has 0 spiro atoms. The van der Waals surface area contributed by atoms with Crippen molar-refractivity contribution in [1.29, 1.82) is 0 Å². The van der Waals surface area contributed by atoms with Crippen LogP contribution in [0.1, 0.15) is 81.1 Å². The average Bonchev–Trinajstić information content (AvgIpc) is 3.04. The zero-order valence-corrected chi connectivity index (χ0v) is 16.6. The summed E-state index contributed by atoms with van der Waals surface area (Å²) in [6, 6.07) is 7.34. The van der Waals surface area contributed by atoms with Gasteiger partial charge in [-0.05, 0) is 56.4 Å². The van der Waals surface area contributed by atoms with Crippen molar-refractivity contribution in [1.82, 2.24) is 15.6 Å². The molecule has 0 aliphatic heterocycles. The molecule has 0 saturated heterocycles. The molecule has 28 heavy (non-hydrogen) atoms. The highest BCUT2D eigenvalue weighted by atomic mass is 16.2. The van der Waals surface area contributed by atoms with Crippen LogP contribution < -0.4 is 10.6 Å². The molecule has 148 valence electrons. The number of H-pyrrole nitrogens is 1. The Bertz CT molecular complexity index is 914. The van der Waals surface area contributed by atoms with E-state index in [4.69, 9.17) is 0 Å². The third kappa shape index (κ3) is 4.16. The van der Waals surface area contributed by atoms with Crippen molar-refractivity contribution in [3.63, 3.8) is 0 Å². The molecular formula is C22H27N3O3. The molecule has 1 heterocycles. The fourth-order valence-electron chi connectivity index (χ4n) is 3.50. The third-order valence-corrected chi connectivity index (χ3v) is 5.30. The van der Waals surface area contributed by atoms with Crippen LogP contribution in [0, 0.1) is 6.92 Å². The Morgan fingerprint density at radius 2 is 2.00 bits per heavy atom. The summed E-state index contributed by atoms with van der Waals surface area (Å²) in [5.41, 5.74) is 4.13. The van der Waals surface area contributed by atoms with Gasteiger partial charge in [-0.15, -0.1) is 0 Å². The lowest BCUT2D eigenvalue weighted by Gasteiger charge is -2.12. The molecule has 3 N–H and O–H groups in total. The number of rotatable bonds is 6. The maximum absolute atomic E-state index is 12.6. The number of hydrogen-bond donors (Lipinski definition) is 3. The van der Waals surface area contributed by atoms with Crippen molar-refractivity contribution in [2.24, 2.45) is 0 Å². The predicted octanol–water partition coefficient (Wildman–Crippen LogP) is 3.30. The molecule has 1 unspecified atom stereocenters. The summed E-state index contributed by atoms with van der Waals surface area (Å²) in [6.07, 6.45) is 3.02. The summed E-state index contributed by atoms with van der Waals surface area (Å²) in [4.78, 5) is 40.2. The van der Waals surface area contributed by atoms with Gasteiger partial charge in [0, 0.05) is 35.8 Å². The van der Waals surface area contributed by atoms with E-state index in [9.17, 15) is 14.4 Å². The molecule has 1 aliphatic rings. The summed E-state index contributed by atoms with van der Waals surface area (Å²) in [6.45, 7) is 6.10. The SMILES string of the molecule is CCC(C)NC(=O)c1cccc(CNC(=O)c2[nH]c3c(c2C)C(=O)CCC3)c1. The van der Waals surface area contributed by atoms with Gasteiger partial charge >= 0.3 is 0 Å². The van der Waals surface area contributed by atoms with Crippen molar-refractivity contribution in [3.8, 4) is 0 Å². The Balaban J connectivity index is 1.68. The van der Waals surface area contributed by atoms with E-state index in [-0.39, 0.29) is 23.6 Å². The van der Waals surface area contributed by atoms with Gasteiger partial charge in [0.1, 0.15) is 5.69 Å². The minimum atomic E-state index is -0.242. The van der Waals surface area contributed by atoms with Gasteiger partial charge in [-0.2, -0.15) is 0 Å². The number of carbonyl (C=O) groups is 3. The molecule has 1 aromatic heterocycles. The van der Waals surface area contributed by atoms with Crippen molar-refractivity contribution >= 4 is 17.6 Å². The van der Waals surface area contributed by atoms with E-state index in [1.165, 1.54) is 0 Å². The Labute approximate surface area is 165 Å². The molecule has 6 nitrogen and oxygen atoms in total. The second-order valence-electron chi connectivity index (χ2n) is 7.42. The smallest absolute Gasteiger partial charge is 0.268 e. The van der Waals surface area contributed by atoms with Crippen molar-refractivity contribution in [2.75, 3.05) is 0 Å². The number of hydrogen-bond acceptors (Lipinski definition) is 3. The van der Waals surface area contributed by atoms with Gasteiger partial charge in [0.15, 0.2) is 5.78 Å². The molecule has 1 aromatic carbocycles. The maximum atomic E-state index is 12.6. The largest absolute Gasteiger partial charge is 0.354 e. The number of aryl methyl sites for hydroxylation is 1. The monoisotopic (exact) mass is 381 g/mol. The second kappa shape index (κ2) is 8.42. The van der Waals surface area contributed by atoms with E-state index in [1.807, 2.05) is 32.9 Å². The summed E-state index contributed by atoms with van der Waals surface area (Å²) < 4.78 is 0. The molecule has 0 radical (unpaired) electrons. The molecule has 0 saturated carbocycles. The highest BCUT2D eigenvalue weighted by Gasteiger charge is 2.26. The van der Waals surface area contributed by atoms with E-state index < -0.39 is 0 Å². The van der Waals surface area contributed by atoms with Crippen LogP contribution in [-0.2, 0) is 13.0 Å². The van der Waals surface area contributed by atoms with Gasteiger partial charge in [-0.1, -0.05) is 19.1 Å². The van der Waals surface area contributed by atoms with E-state index in [0.717, 1.165) is 36.1 Å². The van der Waals surface area contributed by atoms with Crippen molar-refractivity contribution in [3.05, 3.63) is 57.9 Å². The fraction of sp³-hybridized carbons (Fsp3) is 0.409. The predicted molar refractivity (Wildman–Crippen MR) is 108 cm³/mol. The number of amides is 2. The van der Waals surface area contributed by atoms with Crippen molar-refractivity contribution in [2.45, 2.75) is 59.0 Å². The van der Waals surface area contributed by atoms with Gasteiger partial charge in [-0.25, -0.2) is 0 Å². The Morgan fingerprint density at radius 3 is 2.71 bits per heavy atom. The van der Waals surface area contributed by atoms with Gasteiger partial charge in [0.2, 0.25) is 0 Å². The number of aromatic nitrogens is 1. The van der Waals surface area contributed by atoms with Crippen molar-refractivity contribution < 1.29 is 14.4 Å². The highest BCUT2D eigenvalue weighted by molar-refractivity contribution is 6.04. The van der Waals surface area contributed by atoms with Crippen LogP contribution in [0.15, 0.2) is 24.3 Å². The first-order chi connectivity index (χ1) is 13.4. The molecule has 1 aliphatic carbocycles. The number of aromatic amines is 1. The summed E-state index contributed by atoms with van der Waals surface area (Å²) in [5.74, 6) is -0.253. The zero-order chi connectivity index (χ0) is 20.3. The number of ketones is 1. The van der Waals surface area contributed by atoms with Crippen LogP contribution >= 0.6 is 0 Å². The van der Waals surface area contributed by atoms with Crippen LogP contribution in [0.4, 0.5) is 0 Å². The first kappa shape index (κ1) is 19.9. The zero-order valence-electron chi connectivity index (χ0n) is 16.6. The summed E-state index contributed by atoms with van der Waals surface area (Å²) in [5, 5.41) is 5.82. The Morgan fingerprint density at radius 1 is 1.21 bits per heavy atom. The Hall–Kier alpha value is -2.89. The van der Waals surface area contributed by atoms with Gasteiger partial charge in [0.05, 0.1) is 0 Å². The van der Waals surface area contributed by atoms with Crippen LogP contribution in [-0.4, -0.2) is 28.6 Å². The number of nitrogens with one attached hydrogen (secondary N) is 3. The average molecular weight is 381 g/mol. The van der Waals surface area contributed by atoms with E-state index in [2.05, 4.69) is 15.6 Å². The first-order valence-corrected chi connectivity index (χ1v) is 9.83. The Kier molecular flexibility index (Phi) is 5.97. The topological polar surface area (TPSA) is 91.1 Å². The lowest BCUT2D eigenvalue weighted by molar-refractivity contribution is 0.0935. The standard InChI is InChI=1S/C22H27N3O3/c1-4-13(2)24-21(27)16-8-5-7-15(11-16)12-23-22(28)20-14(3)19-17(25-20)9-6-10-18(19)26/h5,7-8,11,13,25H,4,6,9-10,12H2,1-3H3,(H,23,28)(H,24,27). The lowest BCUT2D eigenvalue weighted by atomic mass is 9.94. The van der Waals surface area contributed by atoms with Crippen LogP contribution in [0.5, 0.6) is 0 Å². The maximum Gasteiger partial charge on any atom is 0.268 e. The molecule has 0 bridgehead atoms. The quantitative estimate of drug-likeness (QED) is 0.717. The van der Waals surface area contributed by atoms with Crippen LogP contribution in [0.25, 0.3) is 0 Å². The van der Waals surface area contributed by atoms with E-state index in [0.29, 0.717) is 29.8 Å². The number of carbonyl (C=O) groups excluding carboxylic acids is 3. The molecule has 2 amide bonds. The highest BCUT2D eigenvalue weighted by Crippen LogP contribution is 2.26. The first-order valence-electron chi connectivity index (χ1n) is 9.83. The lowest BCUT2D eigenvalue weighted by Crippen LogP contribution is -2.32. The number of fused-ring (bicyclic) bond motifs is 1. The normalized spacial score (nSPS) is 14.3. The van der Waals surface area contributed by atoms with Gasteiger partial charge < -0.3 is 15.6 Å². The fourth-order valence-corrected chi connectivity index (χ4v) is 3.50.